The topological polar surface area (TPSA) is 62.5 Å². The lowest BCUT2D eigenvalue weighted by molar-refractivity contribution is -0.123. The highest BCUT2D eigenvalue weighted by Gasteiger charge is 2.28. The minimum absolute atomic E-state index is 0.0615. The molecule has 1 fully saturated rings. The van der Waals surface area contributed by atoms with E-state index in [0.29, 0.717) is 5.82 Å². The smallest absolute Gasteiger partial charge is 0.245 e. The number of anilines is 1. The Morgan fingerprint density at radius 3 is 2.67 bits per heavy atom. The third-order valence-electron chi connectivity index (χ3n) is 6.09. The number of aromatic nitrogens is 1. The molecule has 0 radical (unpaired) electrons. The van der Waals surface area contributed by atoms with Crippen LogP contribution >= 0.6 is 0 Å². The molecular formula is C24H27FN4O. The van der Waals surface area contributed by atoms with Gasteiger partial charge in [-0.15, -0.1) is 0 Å². The van der Waals surface area contributed by atoms with E-state index in [9.17, 15) is 9.18 Å². The summed E-state index contributed by atoms with van der Waals surface area (Å²) in [4.78, 5) is 19.6. The lowest BCUT2D eigenvalue weighted by atomic mass is 9.95. The number of hydrazine groups is 1. The van der Waals surface area contributed by atoms with Crippen molar-refractivity contribution in [3.05, 3.63) is 60.0 Å². The number of piperidine rings is 1. The Morgan fingerprint density at radius 1 is 1.17 bits per heavy atom. The van der Waals surface area contributed by atoms with Gasteiger partial charge in [0, 0.05) is 17.5 Å². The third-order valence-corrected chi connectivity index (χ3v) is 6.09. The van der Waals surface area contributed by atoms with Gasteiger partial charge >= 0.3 is 0 Å². The quantitative estimate of drug-likeness (QED) is 0.399. The number of benzene rings is 2. The highest BCUT2D eigenvalue weighted by molar-refractivity contribution is 5.96. The van der Waals surface area contributed by atoms with E-state index in [4.69, 9.17) is 5.84 Å². The zero-order chi connectivity index (χ0) is 21.3. The fourth-order valence-corrected chi connectivity index (χ4v) is 4.14. The average molecular weight is 407 g/mol. The van der Waals surface area contributed by atoms with Crippen LogP contribution in [0.5, 0.6) is 0 Å². The van der Waals surface area contributed by atoms with Gasteiger partial charge in [0.25, 0.3) is 0 Å². The van der Waals surface area contributed by atoms with Crippen LogP contribution in [0, 0.1) is 18.7 Å². The number of likely N-dealkylation sites (tertiary alicyclic amines) is 1. The van der Waals surface area contributed by atoms with Crippen LogP contribution in [-0.4, -0.2) is 35.4 Å². The van der Waals surface area contributed by atoms with Crippen LogP contribution in [-0.2, 0) is 4.79 Å². The van der Waals surface area contributed by atoms with Crippen LogP contribution in [0.2, 0.25) is 0 Å². The summed E-state index contributed by atoms with van der Waals surface area (Å²) in [6.07, 6.45) is 3.37. The third kappa shape index (κ3) is 4.06. The summed E-state index contributed by atoms with van der Waals surface area (Å²) in [5, 5.41) is 3.04. The summed E-state index contributed by atoms with van der Waals surface area (Å²) in [5.41, 5.74) is 2.79. The molecule has 0 unspecified atom stereocenters. The van der Waals surface area contributed by atoms with Crippen molar-refractivity contribution in [1.29, 1.82) is 0 Å². The Morgan fingerprint density at radius 2 is 1.93 bits per heavy atom. The van der Waals surface area contributed by atoms with E-state index in [1.807, 2.05) is 31.2 Å². The largest absolute Gasteiger partial charge is 0.304 e. The second-order valence-corrected chi connectivity index (χ2v) is 7.98. The first kappa shape index (κ1) is 20.4. The molecule has 5 nitrogen and oxygen atoms in total. The molecule has 3 aromatic rings. The lowest BCUT2D eigenvalue weighted by Gasteiger charge is -2.31. The Hall–Kier alpha value is -2.83. The first-order chi connectivity index (χ1) is 14.5. The molecule has 1 aliphatic heterocycles. The predicted molar refractivity (Wildman–Crippen MR) is 118 cm³/mol. The van der Waals surface area contributed by atoms with Crippen LogP contribution in [0.15, 0.2) is 48.7 Å². The number of amides is 1. The first-order valence-corrected chi connectivity index (χ1v) is 10.4. The number of carbonyl (C=O) groups is 1. The molecule has 1 aromatic heterocycles. The molecule has 1 aliphatic rings. The Bertz CT molecular complexity index is 1080. The molecule has 4 rings (SSSR count). The van der Waals surface area contributed by atoms with Crippen molar-refractivity contribution >= 4 is 22.5 Å². The second kappa shape index (κ2) is 8.50. The number of halogens is 1. The predicted octanol–water partition coefficient (Wildman–Crippen LogP) is 4.29. The van der Waals surface area contributed by atoms with E-state index in [1.54, 1.807) is 18.3 Å². The van der Waals surface area contributed by atoms with Crippen LogP contribution in [0.25, 0.3) is 21.9 Å². The van der Waals surface area contributed by atoms with Gasteiger partial charge in [-0.2, -0.15) is 0 Å². The molecule has 2 aromatic carbocycles. The number of carbonyl (C=O) groups excluding carboxylic acids is 1. The van der Waals surface area contributed by atoms with E-state index in [1.165, 1.54) is 11.1 Å². The molecule has 30 heavy (non-hydrogen) atoms. The summed E-state index contributed by atoms with van der Waals surface area (Å²) < 4.78 is 13.7. The Labute approximate surface area is 176 Å². The lowest BCUT2D eigenvalue weighted by Crippen LogP contribution is -2.46. The highest BCUT2D eigenvalue weighted by Crippen LogP contribution is 2.29. The molecule has 0 spiro atoms. The zero-order valence-corrected chi connectivity index (χ0v) is 17.4. The van der Waals surface area contributed by atoms with Gasteiger partial charge in [-0.25, -0.2) is 20.2 Å². The molecule has 2 N–H and O–H groups in total. The minimum Gasteiger partial charge on any atom is -0.304 e. The maximum Gasteiger partial charge on any atom is 0.245 e. The number of hydrogen-bond donors (Lipinski definition) is 1. The molecule has 0 saturated carbocycles. The number of rotatable bonds is 4. The number of pyridine rings is 1. The molecule has 1 saturated heterocycles. The van der Waals surface area contributed by atoms with Gasteiger partial charge in [0.1, 0.15) is 11.6 Å². The molecule has 1 amide bonds. The fraction of sp³-hybridized carbons (Fsp3) is 0.333. The van der Waals surface area contributed by atoms with E-state index < -0.39 is 0 Å². The second-order valence-electron chi connectivity index (χ2n) is 7.98. The van der Waals surface area contributed by atoms with Crippen LogP contribution in [0.1, 0.15) is 25.3 Å². The zero-order valence-electron chi connectivity index (χ0n) is 17.4. The number of nitrogens with zero attached hydrogens (tertiary/aromatic N) is 3. The Balaban J connectivity index is 1.56. The summed E-state index contributed by atoms with van der Waals surface area (Å²) in [6, 6.07) is 12.5. The van der Waals surface area contributed by atoms with Crippen molar-refractivity contribution in [3.8, 4) is 11.1 Å². The molecule has 0 atom stereocenters. The van der Waals surface area contributed by atoms with Crippen molar-refractivity contribution in [1.82, 2.24) is 9.88 Å². The monoisotopic (exact) mass is 406 g/mol. The molecule has 156 valence electrons. The van der Waals surface area contributed by atoms with Gasteiger partial charge in [-0.3, -0.25) is 4.79 Å². The normalized spacial score (nSPS) is 15.5. The SMILES string of the molecule is CCN1CCC(C(=O)N(N)c2cc3ccc(-c4cc(F)ccc4C)cc3cn2)CC1. The Kier molecular flexibility index (Phi) is 5.79. The first-order valence-electron chi connectivity index (χ1n) is 10.4. The number of fused-ring (bicyclic) bond motifs is 1. The summed E-state index contributed by atoms with van der Waals surface area (Å²) in [5.74, 6) is 6.20. The van der Waals surface area contributed by atoms with Gasteiger partial charge in [-0.1, -0.05) is 25.1 Å². The molecule has 2 heterocycles. The number of hydrogen-bond acceptors (Lipinski definition) is 4. The maximum atomic E-state index is 13.7. The summed E-state index contributed by atoms with van der Waals surface area (Å²) >= 11 is 0. The average Bonchev–Trinajstić information content (AvgIpc) is 2.79. The number of nitrogens with two attached hydrogens (primary N) is 1. The van der Waals surface area contributed by atoms with E-state index in [2.05, 4.69) is 16.8 Å². The standard InChI is InChI=1S/C24H27FN4O/c1-3-28-10-8-17(9-11-28)24(30)29(26)23-13-18-5-6-19(12-20(18)15-27-23)22-14-21(25)7-4-16(22)2/h4-7,12-15,17H,3,8-11,26H2,1-2H3. The summed E-state index contributed by atoms with van der Waals surface area (Å²) in [6.45, 7) is 6.96. The van der Waals surface area contributed by atoms with E-state index in [0.717, 1.165) is 59.9 Å². The summed E-state index contributed by atoms with van der Waals surface area (Å²) in [7, 11) is 0. The van der Waals surface area contributed by atoms with E-state index >= 15 is 0 Å². The van der Waals surface area contributed by atoms with Gasteiger partial charge in [0.15, 0.2) is 0 Å². The molecular weight excluding hydrogens is 379 g/mol. The van der Waals surface area contributed by atoms with Crippen molar-refractivity contribution in [3.63, 3.8) is 0 Å². The van der Waals surface area contributed by atoms with Crippen molar-refractivity contribution < 1.29 is 9.18 Å². The van der Waals surface area contributed by atoms with E-state index in [-0.39, 0.29) is 17.6 Å². The number of aryl methyl sites for hydroxylation is 1. The van der Waals surface area contributed by atoms with Crippen LogP contribution in [0.3, 0.4) is 0 Å². The van der Waals surface area contributed by atoms with Crippen molar-refractivity contribution in [2.24, 2.45) is 11.8 Å². The molecule has 0 aliphatic carbocycles. The van der Waals surface area contributed by atoms with Crippen molar-refractivity contribution in [2.75, 3.05) is 24.6 Å². The maximum absolute atomic E-state index is 13.7. The highest BCUT2D eigenvalue weighted by atomic mass is 19.1. The molecule has 6 heteroatoms. The van der Waals surface area contributed by atoms with Crippen LogP contribution < -0.4 is 10.9 Å². The van der Waals surface area contributed by atoms with Crippen LogP contribution in [0.4, 0.5) is 10.2 Å². The van der Waals surface area contributed by atoms with Gasteiger partial charge in [-0.05, 0) is 85.7 Å². The van der Waals surface area contributed by atoms with Gasteiger partial charge in [0.2, 0.25) is 5.91 Å². The van der Waals surface area contributed by atoms with Gasteiger partial charge < -0.3 is 4.90 Å². The minimum atomic E-state index is -0.258. The molecule has 0 bridgehead atoms. The van der Waals surface area contributed by atoms with Gasteiger partial charge in [0.05, 0.1) is 0 Å². The van der Waals surface area contributed by atoms with Crippen molar-refractivity contribution in [2.45, 2.75) is 26.7 Å². The fourth-order valence-electron chi connectivity index (χ4n) is 4.14.